The number of ether oxygens (including phenoxy) is 1. The lowest BCUT2D eigenvalue weighted by Crippen LogP contribution is -2.41. The summed E-state index contributed by atoms with van der Waals surface area (Å²) >= 11 is 0. The van der Waals surface area contributed by atoms with Gasteiger partial charge in [-0.3, -0.25) is 4.79 Å². The van der Waals surface area contributed by atoms with Crippen molar-refractivity contribution in [2.24, 2.45) is 5.92 Å². The quantitative estimate of drug-likeness (QED) is 0.838. The average molecular weight is 283 g/mol. The molecule has 0 aliphatic carbocycles. The van der Waals surface area contributed by atoms with Crippen molar-refractivity contribution in [1.82, 2.24) is 5.32 Å². The van der Waals surface area contributed by atoms with Gasteiger partial charge in [-0.05, 0) is 30.5 Å². The van der Waals surface area contributed by atoms with E-state index in [4.69, 9.17) is 9.84 Å². The summed E-state index contributed by atoms with van der Waals surface area (Å²) in [5.74, 6) is -2.09. The van der Waals surface area contributed by atoms with Crippen molar-refractivity contribution >= 4 is 11.9 Å². The number of nitrogens with one attached hydrogen (secondary N) is 1. The molecule has 6 heteroatoms. The Morgan fingerprint density at radius 3 is 2.55 bits per heavy atom. The van der Waals surface area contributed by atoms with Gasteiger partial charge >= 0.3 is 5.97 Å². The normalized spacial score (nSPS) is 12.1. The lowest BCUT2D eigenvalue weighted by atomic mass is 10.0. The molecule has 0 bridgehead atoms. The Hall–Kier alpha value is -2.11. The smallest absolute Gasteiger partial charge is 0.326 e. The van der Waals surface area contributed by atoms with E-state index in [2.05, 4.69) is 5.32 Å². The number of benzene rings is 1. The van der Waals surface area contributed by atoms with Gasteiger partial charge in [0.25, 0.3) is 5.91 Å². The number of hydrogen-bond acceptors (Lipinski definition) is 3. The monoisotopic (exact) mass is 283 g/mol. The van der Waals surface area contributed by atoms with Crippen LogP contribution in [0.15, 0.2) is 18.2 Å². The summed E-state index contributed by atoms with van der Waals surface area (Å²) in [6.07, 6.45) is 0.290. The van der Waals surface area contributed by atoms with Crippen LogP contribution in [0.3, 0.4) is 0 Å². The Kier molecular flexibility index (Phi) is 5.49. The van der Waals surface area contributed by atoms with Gasteiger partial charge in [0.1, 0.15) is 17.6 Å². The van der Waals surface area contributed by atoms with Crippen LogP contribution in [0.2, 0.25) is 0 Å². The van der Waals surface area contributed by atoms with Crippen molar-refractivity contribution in [2.45, 2.75) is 26.3 Å². The molecule has 0 radical (unpaired) electrons. The molecule has 1 amide bonds. The van der Waals surface area contributed by atoms with Gasteiger partial charge in [0, 0.05) is 0 Å². The summed E-state index contributed by atoms with van der Waals surface area (Å²) in [7, 11) is 1.35. The van der Waals surface area contributed by atoms with E-state index in [1.807, 2.05) is 13.8 Å². The fourth-order valence-electron chi connectivity index (χ4n) is 1.79. The SMILES string of the molecule is COc1ccc(F)cc1C(=O)NC(CC(C)C)C(=O)O. The first kappa shape index (κ1) is 15.9. The minimum absolute atomic E-state index is 0.0255. The molecular weight excluding hydrogens is 265 g/mol. The Morgan fingerprint density at radius 1 is 1.40 bits per heavy atom. The molecule has 0 fully saturated rings. The third kappa shape index (κ3) is 4.22. The number of hydrogen-bond donors (Lipinski definition) is 2. The topological polar surface area (TPSA) is 75.6 Å². The standard InChI is InChI=1S/C14H18FNO4/c1-8(2)6-11(14(18)19)16-13(17)10-7-9(15)4-5-12(10)20-3/h4-5,7-8,11H,6H2,1-3H3,(H,16,17)(H,18,19). The summed E-state index contributed by atoms with van der Waals surface area (Å²) in [6, 6.07) is 2.49. The average Bonchev–Trinajstić information content (AvgIpc) is 2.37. The van der Waals surface area contributed by atoms with Crippen LogP contribution in [0.5, 0.6) is 5.75 Å². The van der Waals surface area contributed by atoms with E-state index in [0.29, 0.717) is 6.42 Å². The Bertz CT molecular complexity index is 502. The lowest BCUT2D eigenvalue weighted by molar-refractivity contribution is -0.139. The number of aliphatic carboxylic acids is 1. The van der Waals surface area contributed by atoms with E-state index < -0.39 is 23.7 Å². The molecule has 5 nitrogen and oxygen atoms in total. The summed E-state index contributed by atoms with van der Waals surface area (Å²) in [6.45, 7) is 3.70. The van der Waals surface area contributed by atoms with Gasteiger partial charge in [-0.1, -0.05) is 13.8 Å². The minimum Gasteiger partial charge on any atom is -0.496 e. The fraction of sp³-hybridized carbons (Fsp3) is 0.429. The molecule has 0 saturated heterocycles. The summed E-state index contributed by atoms with van der Waals surface area (Å²) in [5, 5.41) is 11.5. The van der Waals surface area contributed by atoms with Crippen LogP contribution in [0.4, 0.5) is 4.39 Å². The second-order valence-corrected chi connectivity index (χ2v) is 4.84. The molecule has 0 aromatic heterocycles. The summed E-state index contributed by atoms with van der Waals surface area (Å²) in [5.41, 5.74) is -0.0255. The number of rotatable bonds is 6. The van der Waals surface area contributed by atoms with Gasteiger partial charge in [0.05, 0.1) is 12.7 Å². The molecule has 1 aromatic rings. The van der Waals surface area contributed by atoms with Gasteiger partial charge in [0.15, 0.2) is 0 Å². The van der Waals surface area contributed by atoms with Crippen LogP contribution >= 0.6 is 0 Å². The van der Waals surface area contributed by atoms with Crippen LogP contribution in [-0.2, 0) is 4.79 Å². The molecule has 2 N–H and O–H groups in total. The first-order valence-corrected chi connectivity index (χ1v) is 6.22. The fourth-order valence-corrected chi connectivity index (χ4v) is 1.79. The van der Waals surface area contributed by atoms with Crippen LogP contribution in [0.1, 0.15) is 30.6 Å². The Morgan fingerprint density at radius 2 is 2.05 bits per heavy atom. The molecular formula is C14H18FNO4. The van der Waals surface area contributed by atoms with Crippen molar-refractivity contribution in [3.05, 3.63) is 29.6 Å². The molecule has 1 rings (SSSR count). The van der Waals surface area contributed by atoms with E-state index in [0.717, 1.165) is 6.07 Å². The maximum Gasteiger partial charge on any atom is 0.326 e. The molecule has 0 aliphatic heterocycles. The second-order valence-electron chi connectivity index (χ2n) is 4.84. The van der Waals surface area contributed by atoms with E-state index in [9.17, 15) is 14.0 Å². The number of carboxylic acids is 1. The zero-order valence-electron chi connectivity index (χ0n) is 11.6. The maximum absolute atomic E-state index is 13.2. The van der Waals surface area contributed by atoms with E-state index in [1.165, 1.54) is 19.2 Å². The molecule has 20 heavy (non-hydrogen) atoms. The third-order valence-electron chi connectivity index (χ3n) is 2.72. The predicted molar refractivity (Wildman–Crippen MR) is 71.3 cm³/mol. The number of amides is 1. The zero-order chi connectivity index (χ0) is 15.3. The molecule has 1 unspecified atom stereocenters. The highest BCUT2D eigenvalue weighted by molar-refractivity contribution is 5.98. The van der Waals surface area contributed by atoms with E-state index in [-0.39, 0.29) is 17.2 Å². The van der Waals surface area contributed by atoms with Gasteiger partial charge in [-0.15, -0.1) is 0 Å². The van der Waals surface area contributed by atoms with Crippen LogP contribution in [0.25, 0.3) is 0 Å². The molecule has 0 spiro atoms. The lowest BCUT2D eigenvalue weighted by Gasteiger charge is -2.17. The number of carboxylic acid groups (broad SMARTS) is 1. The minimum atomic E-state index is -1.12. The summed E-state index contributed by atoms with van der Waals surface area (Å²) in [4.78, 5) is 23.2. The van der Waals surface area contributed by atoms with Crippen molar-refractivity contribution < 1.29 is 23.8 Å². The summed E-state index contributed by atoms with van der Waals surface area (Å²) < 4.78 is 18.2. The molecule has 1 atom stereocenters. The Labute approximate surface area is 116 Å². The first-order valence-electron chi connectivity index (χ1n) is 6.22. The third-order valence-corrected chi connectivity index (χ3v) is 2.72. The van der Waals surface area contributed by atoms with Crippen molar-refractivity contribution in [1.29, 1.82) is 0 Å². The molecule has 0 heterocycles. The van der Waals surface area contributed by atoms with E-state index >= 15 is 0 Å². The number of carbonyl (C=O) groups excluding carboxylic acids is 1. The number of carbonyl (C=O) groups is 2. The first-order chi connectivity index (χ1) is 9.35. The van der Waals surface area contributed by atoms with Crippen LogP contribution < -0.4 is 10.1 Å². The van der Waals surface area contributed by atoms with Crippen LogP contribution in [0, 0.1) is 11.7 Å². The number of methoxy groups -OCH3 is 1. The van der Waals surface area contributed by atoms with E-state index in [1.54, 1.807) is 0 Å². The van der Waals surface area contributed by atoms with Gasteiger partial charge < -0.3 is 15.2 Å². The van der Waals surface area contributed by atoms with Crippen molar-refractivity contribution in [2.75, 3.05) is 7.11 Å². The van der Waals surface area contributed by atoms with Crippen LogP contribution in [-0.4, -0.2) is 30.1 Å². The van der Waals surface area contributed by atoms with Crippen molar-refractivity contribution in [3.63, 3.8) is 0 Å². The molecule has 1 aromatic carbocycles. The highest BCUT2D eigenvalue weighted by Crippen LogP contribution is 2.19. The molecule has 110 valence electrons. The van der Waals surface area contributed by atoms with Gasteiger partial charge in [-0.2, -0.15) is 0 Å². The molecule has 0 saturated carbocycles. The predicted octanol–water partition coefficient (Wildman–Crippen LogP) is 2.06. The van der Waals surface area contributed by atoms with Gasteiger partial charge in [-0.25, -0.2) is 9.18 Å². The highest BCUT2D eigenvalue weighted by Gasteiger charge is 2.23. The van der Waals surface area contributed by atoms with Gasteiger partial charge in [0.2, 0.25) is 0 Å². The Balaban J connectivity index is 2.94. The number of halogens is 1. The second kappa shape index (κ2) is 6.88. The zero-order valence-corrected chi connectivity index (χ0v) is 11.6. The van der Waals surface area contributed by atoms with Crippen molar-refractivity contribution in [3.8, 4) is 5.75 Å². The largest absolute Gasteiger partial charge is 0.496 e. The maximum atomic E-state index is 13.2. The molecule has 0 aliphatic rings. The highest BCUT2D eigenvalue weighted by atomic mass is 19.1.